The van der Waals surface area contributed by atoms with Crippen LogP contribution in [-0.2, 0) is 4.79 Å². The molecule has 1 amide bonds. The third kappa shape index (κ3) is 4.57. The Bertz CT molecular complexity index is 720. The summed E-state index contributed by atoms with van der Waals surface area (Å²) in [6.45, 7) is 5.87. The summed E-state index contributed by atoms with van der Waals surface area (Å²) < 4.78 is 27.0. The molecule has 2 aromatic rings. The van der Waals surface area contributed by atoms with Crippen molar-refractivity contribution in [1.29, 1.82) is 0 Å². The first-order valence-electron chi connectivity index (χ1n) is 7.93. The van der Waals surface area contributed by atoms with E-state index in [2.05, 4.69) is 19.2 Å². The van der Waals surface area contributed by atoms with Crippen LogP contribution in [-0.4, -0.2) is 11.2 Å². The zero-order chi connectivity index (χ0) is 17.7. The van der Waals surface area contributed by atoms with Crippen LogP contribution in [0.15, 0.2) is 47.4 Å². The van der Waals surface area contributed by atoms with Crippen LogP contribution in [0.2, 0.25) is 0 Å². The predicted molar refractivity (Wildman–Crippen MR) is 95.5 cm³/mol. The van der Waals surface area contributed by atoms with Crippen molar-refractivity contribution >= 4 is 23.4 Å². The van der Waals surface area contributed by atoms with E-state index >= 15 is 0 Å². The summed E-state index contributed by atoms with van der Waals surface area (Å²) in [7, 11) is 0. The molecule has 0 aliphatic heterocycles. The smallest absolute Gasteiger partial charge is 0.237 e. The third-order valence-corrected chi connectivity index (χ3v) is 5.06. The monoisotopic (exact) mass is 349 g/mol. The van der Waals surface area contributed by atoms with Gasteiger partial charge in [0.15, 0.2) is 0 Å². The molecule has 1 N–H and O–H groups in total. The van der Waals surface area contributed by atoms with Gasteiger partial charge in [-0.1, -0.05) is 32.0 Å². The molecule has 0 saturated carbocycles. The Morgan fingerprint density at radius 2 is 1.88 bits per heavy atom. The molecule has 2 nitrogen and oxygen atoms in total. The fraction of sp³-hybridized carbons (Fsp3) is 0.316. The van der Waals surface area contributed by atoms with Crippen molar-refractivity contribution in [2.75, 3.05) is 5.32 Å². The number of hydrogen-bond donors (Lipinski definition) is 1. The number of para-hydroxylation sites is 1. The number of amides is 1. The van der Waals surface area contributed by atoms with E-state index in [0.29, 0.717) is 5.92 Å². The van der Waals surface area contributed by atoms with Crippen LogP contribution in [0.5, 0.6) is 0 Å². The van der Waals surface area contributed by atoms with Crippen molar-refractivity contribution in [2.45, 2.75) is 43.3 Å². The predicted octanol–water partition coefficient (Wildman–Crippen LogP) is 5.60. The largest absolute Gasteiger partial charge is 0.325 e. The summed E-state index contributed by atoms with van der Waals surface area (Å²) in [5, 5.41) is 2.35. The normalized spacial score (nSPS) is 13.4. The number of halogens is 2. The lowest BCUT2D eigenvalue weighted by atomic mass is 9.97. The molecule has 0 heterocycles. The second kappa shape index (κ2) is 8.29. The standard InChI is InChI=1S/C19H21F2NOS/c1-4-12(2)15-7-5-6-8-17(15)22-19(23)13(3)24-18-11-14(20)9-10-16(18)21/h5-13H,4H2,1-3H3,(H,22,23)/t12-,13-/m0/s1. The number of thioether (sulfide) groups is 1. The van der Waals surface area contributed by atoms with Gasteiger partial charge in [-0.3, -0.25) is 4.79 Å². The van der Waals surface area contributed by atoms with Gasteiger partial charge < -0.3 is 5.32 Å². The van der Waals surface area contributed by atoms with Crippen LogP contribution < -0.4 is 5.32 Å². The van der Waals surface area contributed by atoms with Crippen molar-refractivity contribution in [2.24, 2.45) is 0 Å². The molecule has 0 radical (unpaired) electrons. The van der Waals surface area contributed by atoms with Gasteiger partial charge in [0.1, 0.15) is 11.6 Å². The maximum absolute atomic E-state index is 13.7. The van der Waals surface area contributed by atoms with E-state index in [9.17, 15) is 13.6 Å². The SMILES string of the molecule is CC[C@H](C)c1ccccc1NC(=O)[C@H](C)Sc1cc(F)ccc1F. The molecule has 24 heavy (non-hydrogen) atoms. The minimum Gasteiger partial charge on any atom is -0.325 e. The minimum absolute atomic E-state index is 0.132. The van der Waals surface area contributed by atoms with Crippen LogP contribution in [0.1, 0.15) is 38.7 Å². The average Bonchev–Trinajstić information content (AvgIpc) is 2.57. The van der Waals surface area contributed by atoms with Crippen molar-refractivity contribution in [3.63, 3.8) is 0 Å². The van der Waals surface area contributed by atoms with Crippen LogP contribution >= 0.6 is 11.8 Å². The summed E-state index contributed by atoms with van der Waals surface area (Å²) in [5.41, 5.74) is 1.84. The van der Waals surface area contributed by atoms with Gasteiger partial charge in [-0.05, 0) is 49.1 Å². The lowest BCUT2D eigenvalue weighted by molar-refractivity contribution is -0.115. The second-order valence-electron chi connectivity index (χ2n) is 5.72. The van der Waals surface area contributed by atoms with E-state index in [1.807, 2.05) is 24.3 Å². The average molecular weight is 349 g/mol. The quantitative estimate of drug-likeness (QED) is 0.688. The third-order valence-electron chi connectivity index (χ3n) is 3.93. The number of nitrogens with one attached hydrogen (secondary N) is 1. The Labute approximate surface area is 145 Å². The van der Waals surface area contributed by atoms with E-state index in [4.69, 9.17) is 0 Å². The highest BCUT2D eigenvalue weighted by Gasteiger charge is 2.19. The van der Waals surface area contributed by atoms with E-state index in [1.54, 1.807) is 6.92 Å². The van der Waals surface area contributed by atoms with Crippen molar-refractivity contribution in [3.05, 3.63) is 59.7 Å². The van der Waals surface area contributed by atoms with Gasteiger partial charge in [0.25, 0.3) is 0 Å². The van der Waals surface area contributed by atoms with Gasteiger partial charge in [0.2, 0.25) is 5.91 Å². The van der Waals surface area contributed by atoms with Crippen LogP contribution in [0, 0.1) is 11.6 Å². The van der Waals surface area contributed by atoms with E-state index < -0.39 is 16.9 Å². The molecule has 0 aromatic heterocycles. The van der Waals surface area contributed by atoms with Gasteiger partial charge in [0.05, 0.1) is 5.25 Å². The molecule has 2 aromatic carbocycles. The van der Waals surface area contributed by atoms with Crippen molar-refractivity contribution in [3.8, 4) is 0 Å². The molecule has 5 heteroatoms. The number of anilines is 1. The maximum Gasteiger partial charge on any atom is 0.237 e. The zero-order valence-electron chi connectivity index (χ0n) is 14.0. The fourth-order valence-corrected chi connectivity index (χ4v) is 3.21. The fourth-order valence-electron chi connectivity index (χ4n) is 2.31. The highest BCUT2D eigenvalue weighted by Crippen LogP contribution is 2.30. The highest BCUT2D eigenvalue weighted by atomic mass is 32.2. The molecule has 0 fully saturated rings. The molecule has 128 valence electrons. The molecular formula is C19H21F2NOS. The Morgan fingerprint density at radius 3 is 2.58 bits per heavy atom. The number of hydrogen-bond acceptors (Lipinski definition) is 2. The van der Waals surface area contributed by atoms with Gasteiger partial charge in [-0.25, -0.2) is 8.78 Å². The van der Waals surface area contributed by atoms with Gasteiger partial charge >= 0.3 is 0 Å². The van der Waals surface area contributed by atoms with Crippen LogP contribution in [0.25, 0.3) is 0 Å². The summed E-state index contributed by atoms with van der Waals surface area (Å²) in [6.07, 6.45) is 0.964. The zero-order valence-corrected chi connectivity index (χ0v) is 14.8. The molecule has 2 rings (SSSR count). The highest BCUT2D eigenvalue weighted by molar-refractivity contribution is 8.00. The van der Waals surface area contributed by atoms with Gasteiger partial charge in [-0.15, -0.1) is 11.8 Å². The molecule has 0 aliphatic rings. The summed E-state index contributed by atoms with van der Waals surface area (Å²) >= 11 is 1.00. The molecule has 0 saturated heterocycles. The van der Waals surface area contributed by atoms with E-state index in [-0.39, 0.29) is 10.8 Å². The Balaban J connectivity index is 2.11. The summed E-state index contributed by atoms with van der Waals surface area (Å²) in [4.78, 5) is 12.6. The topological polar surface area (TPSA) is 29.1 Å². The van der Waals surface area contributed by atoms with Crippen molar-refractivity contribution in [1.82, 2.24) is 0 Å². The molecule has 0 aliphatic carbocycles. The van der Waals surface area contributed by atoms with Crippen molar-refractivity contribution < 1.29 is 13.6 Å². The molecule has 0 spiro atoms. The lowest BCUT2D eigenvalue weighted by Crippen LogP contribution is -2.23. The number of carbonyl (C=O) groups is 1. The molecular weight excluding hydrogens is 328 g/mol. The minimum atomic E-state index is -0.550. The molecule has 0 unspecified atom stereocenters. The van der Waals surface area contributed by atoms with Crippen LogP contribution in [0.4, 0.5) is 14.5 Å². The number of benzene rings is 2. The summed E-state index contributed by atoms with van der Waals surface area (Å²) in [5.74, 6) is -0.959. The molecule has 2 atom stereocenters. The first-order valence-corrected chi connectivity index (χ1v) is 8.81. The first kappa shape index (κ1) is 18.5. The van der Waals surface area contributed by atoms with Gasteiger partial charge in [-0.2, -0.15) is 0 Å². The maximum atomic E-state index is 13.7. The van der Waals surface area contributed by atoms with Gasteiger partial charge in [0, 0.05) is 10.6 Å². The van der Waals surface area contributed by atoms with E-state index in [1.165, 1.54) is 0 Å². The lowest BCUT2D eigenvalue weighted by Gasteiger charge is -2.18. The second-order valence-corrected chi connectivity index (χ2v) is 7.10. The first-order chi connectivity index (χ1) is 11.4. The number of rotatable bonds is 6. The van der Waals surface area contributed by atoms with Crippen LogP contribution in [0.3, 0.4) is 0 Å². The van der Waals surface area contributed by atoms with E-state index in [0.717, 1.165) is 47.6 Å². The number of carbonyl (C=O) groups excluding carboxylic acids is 1. The Hall–Kier alpha value is -1.88. The summed E-state index contributed by atoms with van der Waals surface area (Å²) in [6, 6.07) is 10.9. The Kier molecular flexibility index (Phi) is 6.37. The Morgan fingerprint density at radius 1 is 1.17 bits per heavy atom. The molecule has 0 bridgehead atoms.